The molecule has 120 valence electrons. The third-order valence-corrected chi connectivity index (χ3v) is 6.67. The molecule has 1 fully saturated rings. The van der Waals surface area contributed by atoms with Crippen LogP contribution in [0.4, 0.5) is 0 Å². The molecule has 1 aliphatic heterocycles. The average Bonchev–Trinajstić information content (AvgIpc) is 3.12. The summed E-state index contributed by atoms with van der Waals surface area (Å²) < 4.78 is 33.3. The summed E-state index contributed by atoms with van der Waals surface area (Å²) in [5, 5.41) is 5.09. The fourth-order valence-electron chi connectivity index (χ4n) is 2.52. The molecule has 0 spiro atoms. The highest BCUT2D eigenvalue weighted by atomic mass is 32.2. The van der Waals surface area contributed by atoms with Gasteiger partial charge in [0.2, 0.25) is 10.0 Å². The summed E-state index contributed by atoms with van der Waals surface area (Å²) in [6.45, 7) is 6.87. The summed E-state index contributed by atoms with van der Waals surface area (Å²) in [5.41, 5.74) is 1.01. The molecule has 0 radical (unpaired) electrons. The molecule has 0 saturated carbocycles. The number of ether oxygens (including phenoxy) is 1. The van der Waals surface area contributed by atoms with Crippen molar-refractivity contribution in [3.05, 3.63) is 17.0 Å². The van der Waals surface area contributed by atoms with Crippen molar-refractivity contribution in [2.45, 2.75) is 43.5 Å². The minimum atomic E-state index is -3.40. The van der Waals surface area contributed by atoms with Gasteiger partial charge in [0.05, 0.1) is 6.10 Å². The lowest BCUT2D eigenvalue weighted by Crippen LogP contribution is -2.32. The van der Waals surface area contributed by atoms with Crippen molar-refractivity contribution in [3.8, 4) is 0 Å². The molecule has 0 aliphatic carbocycles. The summed E-state index contributed by atoms with van der Waals surface area (Å²) in [6.07, 6.45) is 2.04. The van der Waals surface area contributed by atoms with Crippen molar-refractivity contribution >= 4 is 21.4 Å². The first-order valence-corrected chi connectivity index (χ1v) is 9.82. The van der Waals surface area contributed by atoms with Crippen molar-refractivity contribution in [1.82, 2.24) is 10.0 Å². The van der Waals surface area contributed by atoms with E-state index in [1.807, 2.05) is 12.3 Å². The highest BCUT2D eigenvalue weighted by Gasteiger charge is 2.28. The molecule has 2 unspecified atom stereocenters. The minimum Gasteiger partial charge on any atom is -0.378 e. The quantitative estimate of drug-likeness (QED) is 0.763. The topological polar surface area (TPSA) is 67.4 Å². The number of nitrogens with one attached hydrogen (secondary N) is 2. The minimum absolute atomic E-state index is 0.181. The fourth-order valence-corrected chi connectivity index (χ4v) is 4.87. The standard InChI is InChI=1S/C14H24N2O3S2/c1-3-13-12(5-6-19-13)9-16-21(17,18)14-7-11(10-20-14)8-15-4-2/h7,10,12-13,15-16H,3-6,8-9H2,1-2H3. The van der Waals surface area contributed by atoms with E-state index in [-0.39, 0.29) is 12.0 Å². The van der Waals surface area contributed by atoms with Crippen LogP contribution < -0.4 is 10.0 Å². The van der Waals surface area contributed by atoms with E-state index in [0.717, 1.165) is 31.6 Å². The van der Waals surface area contributed by atoms with Crippen LogP contribution in [-0.2, 0) is 21.3 Å². The number of rotatable bonds is 8. The highest BCUT2D eigenvalue weighted by Crippen LogP contribution is 2.24. The lowest BCUT2D eigenvalue weighted by molar-refractivity contribution is 0.0884. The van der Waals surface area contributed by atoms with Gasteiger partial charge in [0.25, 0.3) is 0 Å². The molecule has 1 saturated heterocycles. The molecular formula is C14H24N2O3S2. The van der Waals surface area contributed by atoms with Crippen LogP contribution >= 0.6 is 11.3 Å². The van der Waals surface area contributed by atoms with E-state index < -0.39 is 10.0 Å². The maximum atomic E-state index is 12.3. The van der Waals surface area contributed by atoms with Crippen LogP contribution in [0.25, 0.3) is 0 Å². The number of hydrogen-bond donors (Lipinski definition) is 2. The Hall–Kier alpha value is -0.470. The Morgan fingerprint density at radius 2 is 2.24 bits per heavy atom. The van der Waals surface area contributed by atoms with Gasteiger partial charge in [-0.15, -0.1) is 11.3 Å². The van der Waals surface area contributed by atoms with Gasteiger partial charge in [-0.1, -0.05) is 13.8 Å². The van der Waals surface area contributed by atoms with Gasteiger partial charge in [-0.2, -0.15) is 0 Å². The first-order chi connectivity index (χ1) is 10.1. The van der Waals surface area contributed by atoms with E-state index in [2.05, 4.69) is 17.0 Å². The van der Waals surface area contributed by atoms with Gasteiger partial charge < -0.3 is 10.1 Å². The molecule has 5 nitrogen and oxygen atoms in total. The second-order valence-corrected chi connectivity index (χ2v) is 8.18. The second-order valence-electron chi connectivity index (χ2n) is 5.27. The predicted octanol–water partition coefficient (Wildman–Crippen LogP) is 1.95. The van der Waals surface area contributed by atoms with Crippen molar-refractivity contribution in [2.24, 2.45) is 5.92 Å². The van der Waals surface area contributed by atoms with Gasteiger partial charge in [0.15, 0.2) is 0 Å². The smallest absolute Gasteiger partial charge is 0.250 e. The van der Waals surface area contributed by atoms with Crippen molar-refractivity contribution in [2.75, 3.05) is 19.7 Å². The lowest BCUT2D eigenvalue weighted by Gasteiger charge is -2.16. The Bertz CT molecular complexity index is 542. The van der Waals surface area contributed by atoms with Crippen LogP contribution in [0, 0.1) is 5.92 Å². The van der Waals surface area contributed by atoms with Crippen molar-refractivity contribution in [1.29, 1.82) is 0 Å². The summed E-state index contributed by atoms with van der Waals surface area (Å²) in [6, 6.07) is 1.75. The molecule has 2 heterocycles. The maximum Gasteiger partial charge on any atom is 0.250 e. The fraction of sp³-hybridized carbons (Fsp3) is 0.714. The van der Waals surface area contributed by atoms with Crippen molar-refractivity contribution < 1.29 is 13.2 Å². The number of thiophene rings is 1. The van der Waals surface area contributed by atoms with Gasteiger partial charge in [-0.25, -0.2) is 13.1 Å². The Morgan fingerprint density at radius 1 is 1.43 bits per heavy atom. The summed E-state index contributed by atoms with van der Waals surface area (Å²) >= 11 is 1.27. The van der Waals surface area contributed by atoms with Crippen LogP contribution in [-0.4, -0.2) is 34.2 Å². The summed E-state index contributed by atoms with van der Waals surface area (Å²) in [4.78, 5) is 0. The van der Waals surface area contributed by atoms with Crippen LogP contribution in [0.2, 0.25) is 0 Å². The number of hydrogen-bond acceptors (Lipinski definition) is 5. The van der Waals surface area contributed by atoms with Gasteiger partial charge in [0.1, 0.15) is 4.21 Å². The third-order valence-electron chi connectivity index (χ3n) is 3.76. The van der Waals surface area contributed by atoms with Gasteiger partial charge >= 0.3 is 0 Å². The van der Waals surface area contributed by atoms with Crippen LogP contribution in [0.5, 0.6) is 0 Å². The summed E-state index contributed by atoms with van der Waals surface area (Å²) in [7, 11) is -3.40. The first-order valence-electron chi connectivity index (χ1n) is 7.46. The van der Waals surface area contributed by atoms with Crippen LogP contribution in [0.1, 0.15) is 32.3 Å². The zero-order valence-electron chi connectivity index (χ0n) is 12.6. The molecule has 21 heavy (non-hydrogen) atoms. The molecule has 1 aromatic heterocycles. The Kier molecular flexibility index (Phi) is 6.19. The first kappa shape index (κ1) is 16.9. The van der Waals surface area contributed by atoms with E-state index in [9.17, 15) is 8.42 Å². The second kappa shape index (κ2) is 7.69. The largest absolute Gasteiger partial charge is 0.378 e. The van der Waals surface area contributed by atoms with E-state index in [4.69, 9.17) is 4.74 Å². The Labute approximate surface area is 131 Å². The molecular weight excluding hydrogens is 308 g/mol. The third kappa shape index (κ3) is 4.50. The SMILES string of the molecule is CCNCc1csc(S(=O)(=O)NCC2CCOC2CC)c1. The van der Waals surface area contributed by atoms with Crippen molar-refractivity contribution in [3.63, 3.8) is 0 Å². The molecule has 2 N–H and O–H groups in total. The Balaban J connectivity index is 1.93. The zero-order valence-corrected chi connectivity index (χ0v) is 14.2. The predicted molar refractivity (Wildman–Crippen MR) is 85.0 cm³/mol. The van der Waals surface area contributed by atoms with Gasteiger partial charge in [0, 0.05) is 25.6 Å². The molecule has 0 aromatic carbocycles. The zero-order chi connectivity index (χ0) is 15.3. The van der Waals surface area contributed by atoms with Crippen LogP contribution in [0.3, 0.4) is 0 Å². The molecule has 2 atom stereocenters. The monoisotopic (exact) mass is 332 g/mol. The molecule has 1 aromatic rings. The number of sulfonamides is 1. The van der Waals surface area contributed by atoms with E-state index in [1.165, 1.54) is 11.3 Å². The Morgan fingerprint density at radius 3 is 2.95 bits per heavy atom. The average molecular weight is 332 g/mol. The molecule has 2 rings (SSSR count). The van der Waals surface area contributed by atoms with Gasteiger partial charge in [-0.3, -0.25) is 0 Å². The summed E-state index contributed by atoms with van der Waals surface area (Å²) in [5.74, 6) is 0.283. The highest BCUT2D eigenvalue weighted by molar-refractivity contribution is 7.91. The molecule has 1 aliphatic rings. The lowest BCUT2D eigenvalue weighted by atomic mass is 10.0. The van der Waals surface area contributed by atoms with E-state index in [0.29, 0.717) is 17.3 Å². The van der Waals surface area contributed by atoms with Crippen LogP contribution in [0.15, 0.2) is 15.7 Å². The maximum absolute atomic E-state index is 12.3. The molecule has 0 bridgehead atoms. The normalized spacial score (nSPS) is 22.8. The van der Waals surface area contributed by atoms with E-state index in [1.54, 1.807) is 6.07 Å². The molecule has 0 amide bonds. The van der Waals surface area contributed by atoms with E-state index >= 15 is 0 Å². The molecule has 7 heteroatoms. The van der Waals surface area contributed by atoms with Gasteiger partial charge in [-0.05, 0) is 36.4 Å².